The number of rotatable bonds is 2. The molecule has 0 aliphatic carbocycles. The molecule has 1 aliphatic heterocycles. The maximum absolute atomic E-state index is 10.9. The molecule has 0 saturated heterocycles. The van der Waals surface area contributed by atoms with E-state index in [1.165, 1.54) is 22.2 Å². The number of H-pyrrole nitrogens is 1. The average Bonchev–Trinajstić information content (AvgIpc) is 2.65. The largest absolute Gasteiger partial charge is 0.369 e. The minimum atomic E-state index is -0.260. The fourth-order valence-electron chi connectivity index (χ4n) is 2.60. The van der Waals surface area contributed by atoms with Gasteiger partial charge in [0.2, 0.25) is 5.91 Å². The van der Waals surface area contributed by atoms with Gasteiger partial charge in [0.1, 0.15) is 0 Å². The van der Waals surface area contributed by atoms with Crippen molar-refractivity contribution in [1.82, 2.24) is 9.88 Å². The molecule has 0 atom stereocenters. The van der Waals surface area contributed by atoms with Crippen LogP contribution in [0.2, 0.25) is 0 Å². The number of primary amides is 1. The second-order valence-corrected chi connectivity index (χ2v) is 4.55. The van der Waals surface area contributed by atoms with Crippen molar-refractivity contribution in [2.24, 2.45) is 5.73 Å². The molecule has 0 saturated carbocycles. The molecule has 88 valence electrons. The zero-order valence-electron chi connectivity index (χ0n) is 9.57. The van der Waals surface area contributed by atoms with Gasteiger partial charge in [-0.15, -0.1) is 0 Å². The van der Waals surface area contributed by atoms with E-state index in [2.05, 4.69) is 28.1 Å². The number of nitrogens with two attached hydrogens (primary N) is 1. The molecular weight excluding hydrogens is 214 g/mol. The topological polar surface area (TPSA) is 62.1 Å². The lowest BCUT2D eigenvalue weighted by molar-refractivity contribution is -0.119. The molecule has 1 aromatic heterocycles. The first-order valence-corrected chi connectivity index (χ1v) is 5.83. The van der Waals surface area contributed by atoms with Crippen LogP contribution in [-0.2, 0) is 17.8 Å². The number of hydrogen-bond donors (Lipinski definition) is 2. The third kappa shape index (κ3) is 1.80. The first-order valence-electron chi connectivity index (χ1n) is 5.83. The molecule has 4 nitrogen and oxygen atoms in total. The highest BCUT2D eigenvalue weighted by Gasteiger charge is 2.20. The van der Waals surface area contributed by atoms with Gasteiger partial charge in [-0.3, -0.25) is 9.69 Å². The fraction of sp³-hybridized carbons (Fsp3) is 0.308. The van der Waals surface area contributed by atoms with Crippen LogP contribution < -0.4 is 5.73 Å². The van der Waals surface area contributed by atoms with Gasteiger partial charge in [-0.1, -0.05) is 18.2 Å². The fourth-order valence-corrected chi connectivity index (χ4v) is 2.60. The Morgan fingerprint density at radius 3 is 3.06 bits per heavy atom. The van der Waals surface area contributed by atoms with Crippen molar-refractivity contribution in [2.45, 2.75) is 13.0 Å². The molecule has 0 fully saturated rings. The molecule has 0 bridgehead atoms. The Morgan fingerprint density at radius 1 is 1.41 bits per heavy atom. The molecule has 17 heavy (non-hydrogen) atoms. The molecule has 3 rings (SSSR count). The summed E-state index contributed by atoms with van der Waals surface area (Å²) in [6.45, 7) is 2.03. The van der Waals surface area contributed by atoms with Gasteiger partial charge in [0.25, 0.3) is 0 Å². The number of hydrogen-bond acceptors (Lipinski definition) is 2. The summed E-state index contributed by atoms with van der Waals surface area (Å²) in [5, 5.41) is 1.31. The van der Waals surface area contributed by atoms with Crippen molar-refractivity contribution in [3.05, 3.63) is 35.5 Å². The molecule has 1 aliphatic rings. The highest BCUT2D eigenvalue weighted by atomic mass is 16.1. The third-order valence-corrected chi connectivity index (χ3v) is 3.34. The van der Waals surface area contributed by atoms with Crippen LogP contribution in [0.1, 0.15) is 11.3 Å². The maximum atomic E-state index is 10.9. The van der Waals surface area contributed by atoms with E-state index >= 15 is 0 Å². The summed E-state index contributed by atoms with van der Waals surface area (Å²) in [5.41, 5.74) is 9.02. The quantitative estimate of drug-likeness (QED) is 0.807. The Labute approximate surface area is 99.4 Å². The Hall–Kier alpha value is -1.81. The van der Waals surface area contributed by atoms with Gasteiger partial charge in [0.15, 0.2) is 0 Å². The molecule has 1 amide bonds. The number of nitrogens with zero attached hydrogens (tertiary/aromatic N) is 1. The van der Waals surface area contributed by atoms with Crippen LogP contribution in [0.5, 0.6) is 0 Å². The monoisotopic (exact) mass is 229 g/mol. The number of aromatic nitrogens is 1. The number of aromatic amines is 1. The van der Waals surface area contributed by atoms with Crippen LogP contribution in [0.25, 0.3) is 10.9 Å². The van der Waals surface area contributed by atoms with Crippen LogP contribution in [-0.4, -0.2) is 28.9 Å². The van der Waals surface area contributed by atoms with Crippen molar-refractivity contribution >= 4 is 16.8 Å². The number of carbonyl (C=O) groups excluding carboxylic acids is 1. The molecule has 0 spiro atoms. The van der Waals surface area contributed by atoms with Gasteiger partial charge in [-0.05, 0) is 18.1 Å². The van der Waals surface area contributed by atoms with Gasteiger partial charge >= 0.3 is 0 Å². The number of para-hydroxylation sites is 1. The van der Waals surface area contributed by atoms with Gasteiger partial charge in [-0.25, -0.2) is 0 Å². The van der Waals surface area contributed by atoms with E-state index in [0.29, 0.717) is 6.54 Å². The molecule has 2 heterocycles. The number of carbonyl (C=O) groups is 1. The highest BCUT2D eigenvalue weighted by molar-refractivity contribution is 5.85. The molecule has 1 aromatic carbocycles. The Balaban J connectivity index is 1.95. The van der Waals surface area contributed by atoms with Gasteiger partial charge in [0.05, 0.1) is 6.54 Å². The zero-order chi connectivity index (χ0) is 11.8. The summed E-state index contributed by atoms with van der Waals surface area (Å²) >= 11 is 0. The Morgan fingerprint density at radius 2 is 2.24 bits per heavy atom. The molecule has 0 radical (unpaired) electrons. The Kier molecular flexibility index (Phi) is 2.37. The summed E-state index contributed by atoms with van der Waals surface area (Å²) in [6.07, 6.45) is 0.979. The lowest BCUT2D eigenvalue weighted by Gasteiger charge is -2.25. The van der Waals surface area contributed by atoms with Crippen molar-refractivity contribution in [2.75, 3.05) is 13.1 Å². The summed E-state index contributed by atoms with van der Waals surface area (Å²) in [7, 11) is 0. The van der Waals surface area contributed by atoms with Crippen molar-refractivity contribution in [3.63, 3.8) is 0 Å². The molecule has 4 heteroatoms. The number of nitrogens with one attached hydrogen (secondary N) is 1. The van der Waals surface area contributed by atoms with E-state index in [0.717, 1.165) is 19.5 Å². The summed E-state index contributed by atoms with van der Waals surface area (Å²) in [5.74, 6) is -0.260. The van der Waals surface area contributed by atoms with Crippen LogP contribution in [0.3, 0.4) is 0 Å². The second-order valence-electron chi connectivity index (χ2n) is 4.55. The van der Waals surface area contributed by atoms with Crippen LogP contribution in [0, 0.1) is 0 Å². The predicted molar refractivity (Wildman–Crippen MR) is 66.5 cm³/mol. The zero-order valence-corrected chi connectivity index (χ0v) is 9.57. The minimum absolute atomic E-state index is 0.260. The van der Waals surface area contributed by atoms with Gasteiger partial charge < -0.3 is 10.7 Å². The van der Waals surface area contributed by atoms with E-state index < -0.39 is 0 Å². The molecule has 0 unspecified atom stereocenters. The van der Waals surface area contributed by atoms with E-state index in [9.17, 15) is 4.79 Å². The van der Waals surface area contributed by atoms with Crippen molar-refractivity contribution < 1.29 is 4.79 Å². The number of amides is 1. The second kappa shape index (κ2) is 3.89. The lowest BCUT2D eigenvalue weighted by atomic mass is 10.0. The van der Waals surface area contributed by atoms with Crippen LogP contribution >= 0.6 is 0 Å². The van der Waals surface area contributed by atoms with Crippen molar-refractivity contribution in [3.8, 4) is 0 Å². The van der Waals surface area contributed by atoms with Gasteiger partial charge in [-0.2, -0.15) is 0 Å². The van der Waals surface area contributed by atoms with Gasteiger partial charge in [0, 0.05) is 29.7 Å². The number of fused-ring (bicyclic) bond motifs is 3. The first-order chi connectivity index (χ1) is 8.24. The smallest absolute Gasteiger partial charge is 0.231 e. The standard InChI is InChI=1S/C13H15N3O/c14-13(17)8-16-6-5-10-9-3-1-2-4-11(9)15-12(10)7-16/h1-4,15H,5-8H2,(H2,14,17). The average molecular weight is 229 g/mol. The van der Waals surface area contributed by atoms with Crippen molar-refractivity contribution in [1.29, 1.82) is 0 Å². The highest BCUT2D eigenvalue weighted by Crippen LogP contribution is 2.26. The molecular formula is C13H15N3O. The van der Waals surface area contributed by atoms with Crippen LogP contribution in [0.15, 0.2) is 24.3 Å². The van der Waals surface area contributed by atoms with Crippen LogP contribution in [0.4, 0.5) is 0 Å². The maximum Gasteiger partial charge on any atom is 0.231 e. The number of benzene rings is 1. The summed E-state index contributed by atoms with van der Waals surface area (Å²) < 4.78 is 0. The SMILES string of the molecule is NC(=O)CN1CCc2c([nH]c3ccccc23)C1. The Bertz CT molecular complexity index is 573. The molecule has 3 N–H and O–H groups in total. The summed E-state index contributed by atoms with van der Waals surface area (Å²) in [6, 6.07) is 8.33. The van der Waals surface area contributed by atoms with E-state index in [4.69, 9.17) is 5.73 Å². The third-order valence-electron chi connectivity index (χ3n) is 3.34. The summed E-state index contributed by atoms with van der Waals surface area (Å²) in [4.78, 5) is 16.4. The minimum Gasteiger partial charge on any atom is -0.369 e. The normalized spacial score (nSPS) is 16.0. The predicted octanol–water partition coefficient (Wildman–Crippen LogP) is 1.01. The molecule has 2 aromatic rings. The lowest BCUT2D eigenvalue weighted by Crippen LogP contribution is -2.37. The van der Waals surface area contributed by atoms with E-state index in [-0.39, 0.29) is 5.91 Å². The van der Waals surface area contributed by atoms with E-state index in [1.54, 1.807) is 0 Å². The van der Waals surface area contributed by atoms with E-state index in [1.807, 2.05) is 6.07 Å². The first kappa shape index (κ1) is 10.4.